The van der Waals surface area contributed by atoms with Crippen molar-refractivity contribution in [3.8, 4) is 0 Å². The molecule has 0 saturated carbocycles. The minimum absolute atomic E-state index is 0.125. The van der Waals surface area contributed by atoms with E-state index in [1.165, 1.54) is 28.6 Å². The van der Waals surface area contributed by atoms with Crippen molar-refractivity contribution in [3.63, 3.8) is 0 Å². The lowest BCUT2D eigenvalue weighted by Crippen LogP contribution is -2.48. The van der Waals surface area contributed by atoms with Crippen LogP contribution in [-0.2, 0) is 14.8 Å². The molecule has 4 N–H and O–H groups in total. The molecule has 1 aromatic rings. The number of sulfonamides is 1. The first-order chi connectivity index (χ1) is 9.45. The average molecular weight is 299 g/mol. The van der Waals surface area contributed by atoms with Crippen LogP contribution in [0.3, 0.4) is 0 Å². The Morgan fingerprint density at radius 1 is 1.35 bits per heavy atom. The lowest BCUT2D eigenvalue weighted by molar-refractivity contribution is 0.00450. The number of nitrogens with zero attached hydrogens (tertiary/aromatic N) is 1. The number of ether oxygens (including phenoxy) is 1. The number of carbonyl (C=O) groups excluding carboxylic acids is 1. The van der Waals surface area contributed by atoms with Gasteiger partial charge in [0.05, 0.1) is 17.6 Å². The summed E-state index contributed by atoms with van der Waals surface area (Å²) < 4.78 is 31.6. The third kappa shape index (κ3) is 2.98. The van der Waals surface area contributed by atoms with Crippen LogP contribution in [0.15, 0.2) is 29.2 Å². The normalized spacial score (nSPS) is 20.8. The quantitative estimate of drug-likeness (QED) is 0.750. The van der Waals surface area contributed by atoms with Gasteiger partial charge in [-0.3, -0.25) is 4.79 Å². The standard InChI is InChI=1S/C12H17N3O4S/c13-7-10-8-15(5-6-19-10)20(17,18)11-3-1-9(2-4-11)12(14)16/h1-4,10H,5-8,13H2,(H2,14,16). The van der Waals surface area contributed by atoms with E-state index in [0.717, 1.165) is 0 Å². The second kappa shape index (κ2) is 5.88. The molecule has 1 amide bonds. The summed E-state index contributed by atoms with van der Waals surface area (Å²) >= 11 is 0. The molecule has 0 spiro atoms. The zero-order chi connectivity index (χ0) is 14.8. The molecular weight excluding hydrogens is 282 g/mol. The molecule has 1 heterocycles. The summed E-state index contributed by atoms with van der Waals surface area (Å²) in [4.78, 5) is 11.1. The summed E-state index contributed by atoms with van der Waals surface area (Å²) in [6.45, 7) is 1.11. The molecular formula is C12H17N3O4S. The van der Waals surface area contributed by atoms with Gasteiger partial charge in [0.1, 0.15) is 0 Å². The van der Waals surface area contributed by atoms with E-state index >= 15 is 0 Å². The summed E-state index contributed by atoms with van der Waals surface area (Å²) in [6.07, 6.45) is -0.289. The molecule has 2 rings (SSSR count). The Bertz CT molecular complexity index is 585. The second-order valence-electron chi connectivity index (χ2n) is 4.48. The first-order valence-corrected chi connectivity index (χ1v) is 7.61. The lowest BCUT2D eigenvalue weighted by Gasteiger charge is -2.31. The molecule has 1 fully saturated rings. The first kappa shape index (κ1) is 14.9. The molecule has 20 heavy (non-hydrogen) atoms. The number of amides is 1. The highest BCUT2D eigenvalue weighted by Crippen LogP contribution is 2.19. The number of benzene rings is 1. The van der Waals surface area contributed by atoms with E-state index in [4.69, 9.17) is 16.2 Å². The first-order valence-electron chi connectivity index (χ1n) is 6.17. The molecule has 1 unspecified atom stereocenters. The number of morpholine rings is 1. The van der Waals surface area contributed by atoms with Crippen LogP contribution < -0.4 is 11.5 Å². The fraction of sp³-hybridized carbons (Fsp3) is 0.417. The molecule has 1 aromatic carbocycles. The average Bonchev–Trinajstić information content (AvgIpc) is 2.47. The Hall–Kier alpha value is -1.48. The zero-order valence-corrected chi connectivity index (χ0v) is 11.7. The lowest BCUT2D eigenvalue weighted by atomic mass is 10.2. The largest absolute Gasteiger partial charge is 0.374 e. The van der Waals surface area contributed by atoms with Crippen LogP contribution in [0.25, 0.3) is 0 Å². The monoisotopic (exact) mass is 299 g/mol. The van der Waals surface area contributed by atoms with E-state index in [1.807, 2.05) is 0 Å². The third-order valence-corrected chi connectivity index (χ3v) is 5.02. The Balaban J connectivity index is 2.23. The van der Waals surface area contributed by atoms with Crippen LogP contribution in [-0.4, -0.2) is 51.0 Å². The number of nitrogens with two attached hydrogens (primary N) is 2. The minimum Gasteiger partial charge on any atom is -0.374 e. The van der Waals surface area contributed by atoms with Crippen LogP contribution in [0.4, 0.5) is 0 Å². The Morgan fingerprint density at radius 3 is 2.55 bits per heavy atom. The van der Waals surface area contributed by atoms with Gasteiger partial charge < -0.3 is 16.2 Å². The maximum Gasteiger partial charge on any atom is 0.248 e. The summed E-state index contributed by atoms with van der Waals surface area (Å²) in [7, 11) is -3.60. The van der Waals surface area contributed by atoms with E-state index in [9.17, 15) is 13.2 Å². The summed E-state index contributed by atoms with van der Waals surface area (Å²) in [5, 5.41) is 0. The maximum atomic E-state index is 12.4. The minimum atomic E-state index is -3.60. The fourth-order valence-corrected chi connectivity index (χ4v) is 3.45. The molecule has 7 nitrogen and oxygen atoms in total. The zero-order valence-electron chi connectivity index (χ0n) is 10.9. The predicted octanol–water partition coefficient (Wildman–Crippen LogP) is -0.866. The second-order valence-corrected chi connectivity index (χ2v) is 6.42. The summed E-state index contributed by atoms with van der Waals surface area (Å²) in [5.41, 5.74) is 10.9. The smallest absolute Gasteiger partial charge is 0.248 e. The van der Waals surface area contributed by atoms with E-state index in [0.29, 0.717) is 6.61 Å². The van der Waals surface area contributed by atoms with Crippen LogP contribution in [0, 0.1) is 0 Å². The molecule has 0 radical (unpaired) electrons. The van der Waals surface area contributed by atoms with Gasteiger partial charge in [0, 0.05) is 25.2 Å². The molecule has 1 atom stereocenters. The van der Waals surface area contributed by atoms with Crippen molar-refractivity contribution in [2.24, 2.45) is 11.5 Å². The van der Waals surface area contributed by atoms with Crippen LogP contribution in [0.5, 0.6) is 0 Å². The molecule has 0 bridgehead atoms. The van der Waals surface area contributed by atoms with E-state index in [1.54, 1.807) is 0 Å². The summed E-state index contributed by atoms with van der Waals surface area (Å²) in [6, 6.07) is 5.55. The van der Waals surface area contributed by atoms with Gasteiger partial charge in [0.15, 0.2) is 0 Å². The Kier molecular flexibility index (Phi) is 4.39. The number of primary amides is 1. The van der Waals surface area contributed by atoms with Crippen LogP contribution in [0.1, 0.15) is 10.4 Å². The van der Waals surface area contributed by atoms with Gasteiger partial charge in [-0.25, -0.2) is 8.42 Å². The van der Waals surface area contributed by atoms with Gasteiger partial charge in [0.25, 0.3) is 0 Å². The van der Waals surface area contributed by atoms with Crippen molar-refractivity contribution in [3.05, 3.63) is 29.8 Å². The third-order valence-electron chi connectivity index (χ3n) is 3.14. The fourth-order valence-electron chi connectivity index (χ4n) is 1.99. The van der Waals surface area contributed by atoms with Gasteiger partial charge in [0.2, 0.25) is 15.9 Å². The topological polar surface area (TPSA) is 116 Å². The molecule has 8 heteroatoms. The van der Waals surface area contributed by atoms with Crippen molar-refractivity contribution in [2.75, 3.05) is 26.2 Å². The molecule has 0 aliphatic carbocycles. The van der Waals surface area contributed by atoms with Crippen molar-refractivity contribution in [1.82, 2.24) is 4.31 Å². The van der Waals surface area contributed by atoms with E-state index < -0.39 is 15.9 Å². The van der Waals surface area contributed by atoms with Gasteiger partial charge in [-0.2, -0.15) is 4.31 Å². The van der Waals surface area contributed by atoms with E-state index in [2.05, 4.69) is 0 Å². The number of hydrogen-bond donors (Lipinski definition) is 2. The van der Waals surface area contributed by atoms with Crippen LogP contribution in [0.2, 0.25) is 0 Å². The van der Waals surface area contributed by atoms with Crippen molar-refractivity contribution < 1.29 is 17.9 Å². The maximum absolute atomic E-state index is 12.4. The number of rotatable bonds is 4. The predicted molar refractivity (Wildman–Crippen MR) is 72.5 cm³/mol. The van der Waals surface area contributed by atoms with Crippen molar-refractivity contribution in [1.29, 1.82) is 0 Å². The molecule has 1 aliphatic rings. The van der Waals surface area contributed by atoms with E-state index in [-0.39, 0.29) is 36.2 Å². The van der Waals surface area contributed by atoms with Gasteiger partial charge in [-0.1, -0.05) is 0 Å². The van der Waals surface area contributed by atoms with Gasteiger partial charge >= 0.3 is 0 Å². The van der Waals surface area contributed by atoms with Crippen molar-refractivity contribution >= 4 is 15.9 Å². The van der Waals surface area contributed by atoms with Crippen molar-refractivity contribution in [2.45, 2.75) is 11.0 Å². The SMILES string of the molecule is NCC1CN(S(=O)(=O)c2ccc(C(N)=O)cc2)CCO1. The molecule has 1 aliphatic heterocycles. The van der Waals surface area contributed by atoms with Gasteiger partial charge in [-0.15, -0.1) is 0 Å². The summed E-state index contributed by atoms with van der Waals surface area (Å²) in [5.74, 6) is -0.594. The number of hydrogen-bond acceptors (Lipinski definition) is 5. The Labute approximate surface area is 117 Å². The highest BCUT2D eigenvalue weighted by atomic mass is 32.2. The highest BCUT2D eigenvalue weighted by Gasteiger charge is 2.30. The molecule has 1 saturated heterocycles. The van der Waals surface area contributed by atoms with Gasteiger partial charge in [-0.05, 0) is 24.3 Å². The number of carbonyl (C=O) groups is 1. The highest BCUT2D eigenvalue weighted by molar-refractivity contribution is 7.89. The molecule has 0 aromatic heterocycles. The van der Waals surface area contributed by atoms with Crippen LogP contribution >= 0.6 is 0 Å². The Morgan fingerprint density at radius 2 is 2.00 bits per heavy atom. The molecule has 110 valence electrons.